The summed E-state index contributed by atoms with van der Waals surface area (Å²) in [5.74, 6) is 0.825. The Balaban J connectivity index is 1.50. The van der Waals surface area contributed by atoms with Crippen LogP contribution < -0.4 is 4.74 Å². The summed E-state index contributed by atoms with van der Waals surface area (Å²) in [6.45, 7) is 10.2. The number of carbonyl (C=O) groups is 1. The van der Waals surface area contributed by atoms with Gasteiger partial charge in [-0.3, -0.25) is 9.69 Å². The third-order valence-electron chi connectivity index (χ3n) is 4.82. The van der Waals surface area contributed by atoms with Crippen LogP contribution in [0.1, 0.15) is 23.6 Å². The van der Waals surface area contributed by atoms with Gasteiger partial charge in [-0.05, 0) is 44.0 Å². The highest BCUT2D eigenvalue weighted by molar-refractivity contribution is 5.81. The molecule has 0 aromatic heterocycles. The first-order valence-corrected chi connectivity index (χ1v) is 9.31. The van der Waals surface area contributed by atoms with Crippen LogP contribution in [0.3, 0.4) is 0 Å². The lowest BCUT2D eigenvalue weighted by Crippen LogP contribution is -2.51. The third-order valence-corrected chi connectivity index (χ3v) is 4.82. The van der Waals surface area contributed by atoms with E-state index in [0.717, 1.165) is 44.0 Å². The van der Waals surface area contributed by atoms with Gasteiger partial charge in [-0.2, -0.15) is 0 Å². The maximum Gasteiger partial charge on any atom is 0.263 e. The second kappa shape index (κ2) is 8.37. The smallest absolute Gasteiger partial charge is 0.263 e. The maximum absolute atomic E-state index is 12.7. The standard InChI is InChI=1S/C22H28N2O2/c1-17-6-4-8-20(14-17)16-23-10-12-24(13-11-23)22(25)19(3)26-21-9-5-7-18(2)15-21/h4-9,14-15,19H,10-13,16H2,1-3H3. The normalized spacial score (nSPS) is 16.3. The Bertz CT molecular complexity index is 751. The van der Waals surface area contributed by atoms with Crippen molar-refractivity contribution in [3.8, 4) is 5.75 Å². The summed E-state index contributed by atoms with van der Waals surface area (Å²) in [6, 6.07) is 16.5. The van der Waals surface area contributed by atoms with Crippen molar-refractivity contribution in [2.45, 2.75) is 33.4 Å². The highest BCUT2D eigenvalue weighted by atomic mass is 16.5. The minimum atomic E-state index is -0.458. The van der Waals surface area contributed by atoms with Gasteiger partial charge < -0.3 is 9.64 Å². The number of amides is 1. The van der Waals surface area contributed by atoms with Gasteiger partial charge >= 0.3 is 0 Å². The first-order chi connectivity index (χ1) is 12.5. The lowest BCUT2D eigenvalue weighted by atomic mass is 10.1. The van der Waals surface area contributed by atoms with E-state index in [2.05, 4.69) is 36.1 Å². The molecule has 1 aliphatic heterocycles. The fourth-order valence-electron chi connectivity index (χ4n) is 3.40. The van der Waals surface area contributed by atoms with E-state index in [9.17, 15) is 4.79 Å². The molecule has 4 nitrogen and oxygen atoms in total. The quantitative estimate of drug-likeness (QED) is 0.827. The zero-order valence-corrected chi connectivity index (χ0v) is 15.9. The van der Waals surface area contributed by atoms with Crippen molar-refractivity contribution in [1.82, 2.24) is 9.80 Å². The molecule has 1 amide bonds. The summed E-state index contributed by atoms with van der Waals surface area (Å²) in [4.78, 5) is 17.0. The predicted molar refractivity (Wildman–Crippen MR) is 104 cm³/mol. The highest BCUT2D eigenvalue weighted by Gasteiger charge is 2.26. The molecule has 0 spiro atoms. The van der Waals surface area contributed by atoms with Gasteiger partial charge in [-0.15, -0.1) is 0 Å². The number of rotatable bonds is 5. The van der Waals surface area contributed by atoms with Crippen molar-refractivity contribution in [3.63, 3.8) is 0 Å². The topological polar surface area (TPSA) is 32.8 Å². The van der Waals surface area contributed by atoms with Crippen LogP contribution >= 0.6 is 0 Å². The summed E-state index contributed by atoms with van der Waals surface area (Å²) in [6.07, 6.45) is -0.458. The molecule has 0 saturated carbocycles. The first kappa shape index (κ1) is 18.5. The lowest BCUT2D eigenvalue weighted by Gasteiger charge is -2.36. The molecule has 1 saturated heterocycles. The van der Waals surface area contributed by atoms with Gasteiger partial charge in [-0.1, -0.05) is 42.0 Å². The molecule has 1 atom stereocenters. The Morgan fingerprint density at radius 1 is 1.00 bits per heavy atom. The maximum atomic E-state index is 12.7. The average molecular weight is 352 g/mol. The fraction of sp³-hybridized carbons (Fsp3) is 0.409. The number of piperazine rings is 1. The van der Waals surface area contributed by atoms with Crippen LogP contribution in [0.15, 0.2) is 48.5 Å². The van der Waals surface area contributed by atoms with Gasteiger partial charge in [0.15, 0.2) is 6.10 Å². The highest BCUT2D eigenvalue weighted by Crippen LogP contribution is 2.16. The second-order valence-corrected chi connectivity index (χ2v) is 7.17. The Hall–Kier alpha value is -2.33. The van der Waals surface area contributed by atoms with Crippen LogP contribution in [0.5, 0.6) is 5.75 Å². The van der Waals surface area contributed by atoms with Crippen LogP contribution in [0.2, 0.25) is 0 Å². The van der Waals surface area contributed by atoms with Crippen LogP contribution in [-0.2, 0) is 11.3 Å². The zero-order valence-electron chi connectivity index (χ0n) is 15.9. The molecule has 1 fully saturated rings. The Labute approximate surface area is 156 Å². The zero-order chi connectivity index (χ0) is 18.5. The second-order valence-electron chi connectivity index (χ2n) is 7.17. The Morgan fingerprint density at radius 2 is 1.65 bits per heavy atom. The van der Waals surface area contributed by atoms with E-state index in [4.69, 9.17) is 4.74 Å². The molecule has 4 heteroatoms. The molecule has 0 radical (unpaired) electrons. The molecule has 2 aromatic carbocycles. The third kappa shape index (κ3) is 4.85. The van der Waals surface area contributed by atoms with Crippen LogP contribution in [0.25, 0.3) is 0 Å². The van der Waals surface area contributed by atoms with Crippen LogP contribution in [-0.4, -0.2) is 48.0 Å². The average Bonchev–Trinajstić information content (AvgIpc) is 2.62. The molecule has 2 aromatic rings. The van der Waals surface area contributed by atoms with Gasteiger partial charge in [0.2, 0.25) is 0 Å². The summed E-state index contributed by atoms with van der Waals surface area (Å²) >= 11 is 0. The summed E-state index contributed by atoms with van der Waals surface area (Å²) in [7, 11) is 0. The minimum absolute atomic E-state index is 0.0710. The Morgan fingerprint density at radius 3 is 2.31 bits per heavy atom. The van der Waals surface area contributed by atoms with E-state index in [1.165, 1.54) is 11.1 Å². The summed E-state index contributed by atoms with van der Waals surface area (Å²) in [5, 5.41) is 0. The Kier molecular flexibility index (Phi) is 5.94. The number of hydrogen-bond donors (Lipinski definition) is 0. The molecule has 3 rings (SSSR count). The largest absolute Gasteiger partial charge is 0.481 e. The molecule has 26 heavy (non-hydrogen) atoms. The van der Waals surface area contributed by atoms with Crippen LogP contribution in [0, 0.1) is 13.8 Å². The molecule has 138 valence electrons. The monoisotopic (exact) mass is 352 g/mol. The lowest BCUT2D eigenvalue weighted by molar-refractivity contribution is -0.139. The van der Waals surface area contributed by atoms with E-state index in [1.54, 1.807) is 0 Å². The first-order valence-electron chi connectivity index (χ1n) is 9.31. The summed E-state index contributed by atoms with van der Waals surface area (Å²) < 4.78 is 5.84. The van der Waals surface area contributed by atoms with E-state index in [-0.39, 0.29) is 5.91 Å². The van der Waals surface area contributed by atoms with Crippen molar-refractivity contribution in [3.05, 3.63) is 65.2 Å². The molecule has 0 bridgehead atoms. The van der Waals surface area contributed by atoms with E-state index < -0.39 is 6.10 Å². The molecule has 0 N–H and O–H groups in total. The number of aryl methyl sites for hydroxylation is 2. The van der Waals surface area contributed by atoms with Gasteiger partial charge in [0.05, 0.1) is 0 Å². The summed E-state index contributed by atoms with van der Waals surface area (Å²) in [5.41, 5.74) is 3.76. The molecule has 1 aliphatic rings. The molecule has 0 aliphatic carbocycles. The number of carbonyl (C=O) groups excluding carboxylic acids is 1. The SMILES string of the molecule is Cc1cccc(CN2CCN(C(=O)C(C)Oc3cccc(C)c3)CC2)c1. The minimum Gasteiger partial charge on any atom is -0.481 e. The number of benzene rings is 2. The van der Waals surface area contributed by atoms with Crippen molar-refractivity contribution in [2.75, 3.05) is 26.2 Å². The van der Waals surface area contributed by atoms with E-state index in [0.29, 0.717) is 0 Å². The van der Waals surface area contributed by atoms with Gasteiger partial charge in [0.1, 0.15) is 5.75 Å². The van der Waals surface area contributed by atoms with E-state index in [1.807, 2.05) is 43.0 Å². The molecule has 1 unspecified atom stereocenters. The van der Waals surface area contributed by atoms with Gasteiger partial charge in [-0.25, -0.2) is 0 Å². The number of nitrogens with zero attached hydrogens (tertiary/aromatic N) is 2. The number of hydrogen-bond acceptors (Lipinski definition) is 3. The van der Waals surface area contributed by atoms with Crippen molar-refractivity contribution < 1.29 is 9.53 Å². The van der Waals surface area contributed by atoms with Gasteiger partial charge in [0.25, 0.3) is 5.91 Å². The van der Waals surface area contributed by atoms with Crippen LogP contribution in [0.4, 0.5) is 0 Å². The predicted octanol–water partition coefficient (Wildman–Crippen LogP) is 3.42. The fourth-order valence-corrected chi connectivity index (χ4v) is 3.40. The van der Waals surface area contributed by atoms with Crippen molar-refractivity contribution >= 4 is 5.91 Å². The van der Waals surface area contributed by atoms with E-state index >= 15 is 0 Å². The molecular formula is C22H28N2O2. The van der Waals surface area contributed by atoms with Crippen molar-refractivity contribution in [1.29, 1.82) is 0 Å². The molecular weight excluding hydrogens is 324 g/mol. The number of ether oxygens (including phenoxy) is 1. The molecule has 1 heterocycles. The van der Waals surface area contributed by atoms with Crippen molar-refractivity contribution in [2.24, 2.45) is 0 Å². The van der Waals surface area contributed by atoms with Gasteiger partial charge in [0, 0.05) is 32.7 Å².